The maximum Gasteiger partial charge on any atom is 0.131 e. The molecule has 0 aromatic heterocycles. The lowest BCUT2D eigenvalue weighted by molar-refractivity contribution is -0.0698. The van der Waals surface area contributed by atoms with Gasteiger partial charge in [0.15, 0.2) is 0 Å². The van der Waals surface area contributed by atoms with Crippen LogP contribution in [-0.4, -0.2) is 24.0 Å². The molecule has 0 spiro atoms. The van der Waals surface area contributed by atoms with Crippen LogP contribution in [0.5, 0.6) is 0 Å². The molecule has 1 aliphatic heterocycles. The monoisotopic (exact) mass is 117 g/mol. The van der Waals surface area contributed by atoms with E-state index in [0.29, 0.717) is 6.61 Å². The first kappa shape index (κ1) is 6.01. The largest absolute Gasteiger partial charge is 0.389 e. The number of hydrogen-bond acceptors (Lipinski definition) is 3. The van der Waals surface area contributed by atoms with Crippen LogP contribution in [0.25, 0.3) is 0 Å². The van der Waals surface area contributed by atoms with E-state index < -0.39 is 12.3 Å². The lowest BCUT2D eigenvalue weighted by Crippen LogP contribution is -2.40. The molecule has 48 valence electrons. The molecular weight excluding hydrogens is 106 g/mol. The number of nitrogens with two attached hydrogens (primary N) is 1. The molecule has 1 unspecified atom stereocenters. The molecule has 0 aromatic rings. The third kappa shape index (κ3) is 1.18. The van der Waals surface area contributed by atoms with Crippen molar-refractivity contribution in [2.75, 3.05) is 6.61 Å². The van der Waals surface area contributed by atoms with Crippen LogP contribution in [0.1, 0.15) is 12.8 Å². The summed E-state index contributed by atoms with van der Waals surface area (Å²) in [6.07, 6.45) is 0.822. The second kappa shape index (κ2) is 2.44. The van der Waals surface area contributed by atoms with Crippen molar-refractivity contribution in [3.8, 4) is 0 Å². The van der Waals surface area contributed by atoms with E-state index in [1.165, 1.54) is 0 Å². The zero-order chi connectivity index (χ0) is 5.98. The van der Waals surface area contributed by atoms with Crippen LogP contribution in [0.2, 0.25) is 0 Å². The van der Waals surface area contributed by atoms with Crippen LogP contribution in [0.3, 0.4) is 0 Å². The Bertz CT molecular complexity index is 66.8. The summed E-state index contributed by atoms with van der Waals surface area (Å²) in [6.45, 7) is 0.693. The Morgan fingerprint density at radius 1 is 1.62 bits per heavy atom. The second-order valence-electron chi connectivity index (χ2n) is 2.04. The highest BCUT2D eigenvalue weighted by Gasteiger charge is 2.18. The van der Waals surface area contributed by atoms with Crippen molar-refractivity contribution in [3.63, 3.8) is 0 Å². The highest BCUT2D eigenvalue weighted by Crippen LogP contribution is 2.08. The van der Waals surface area contributed by atoms with E-state index in [-0.39, 0.29) is 0 Å². The van der Waals surface area contributed by atoms with Crippen LogP contribution in [0.15, 0.2) is 0 Å². The Hall–Kier alpha value is -0.120. The van der Waals surface area contributed by atoms with Crippen LogP contribution in [0, 0.1) is 0 Å². The van der Waals surface area contributed by atoms with E-state index in [4.69, 9.17) is 15.6 Å². The first-order valence-corrected chi connectivity index (χ1v) is 2.86. The molecular formula is C5H11NO2. The molecule has 1 rings (SSSR count). The molecule has 1 fully saturated rings. The maximum absolute atomic E-state index is 8.93. The van der Waals surface area contributed by atoms with Gasteiger partial charge in [-0.15, -0.1) is 0 Å². The van der Waals surface area contributed by atoms with E-state index in [1.54, 1.807) is 0 Å². The predicted molar refractivity (Wildman–Crippen MR) is 29.2 cm³/mol. The van der Waals surface area contributed by atoms with Gasteiger partial charge in [0, 0.05) is 6.61 Å². The normalized spacial score (nSPS) is 39.8. The topological polar surface area (TPSA) is 55.5 Å². The molecule has 0 aliphatic carbocycles. The van der Waals surface area contributed by atoms with Gasteiger partial charge in [0.25, 0.3) is 0 Å². The van der Waals surface area contributed by atoms with Crippen LogP contribution in [-0.2, 0) is 4.74 Å². The van der Waals surface area contributed by atoms with Crippen LogP contribution >= 0.6 is 0 Å². The number of hydrogen-bond donors (Lipinski definition) is 2. The first-order valence-electron chi connectivity index (χ1n) is 2.86. The van der Waals surface area contributed by atoms with E-state index in [1.807, 2.05) is 0 Å². The molecule has 2 atom stereocenters. The van der Waals surface area contributed by atoms with Gasteiger partial charge >= 0.3 is 0 Å². The highest BCUT2D eigenvalue weighted by molar-refractivity contribution is 4.66. The first-order chi connectivity index (χ1) is 3.80. The minimum absolute atomic E-state index is 0.441. The van der Waals surface area contributed by atoms with Gasteiger partial charge in [0.05, 0.1) is 6.10 Å². The molecule has 0 radical (unpaired) electrons. The maximum atomic E-state index is 8.93. The SMILES string of the molecule is NC1OCCC[C@H]1O. The van der Waals surface area contributed by atoms with Crippen molar-refractivity contribution in [2.24, 2.45) is 5.73 Å². The van der Waals surface area contributed by atoms with Crippen molar-refractivity contribution < 1.29 is 9.84 Å². The predicted octanol–water partition coefficient (Wildman–Crippen LogP) is -0.558. The standard InChI is InChI=1S/C5H11NO2/c6-5-4(7)2-1-3-8-5/h4-5,7H,1-3,6H2/t4-,5?/m1/s1. The highest BCUT2D eigenvalue weighted by atomic mass is 16.5. The molecule has 3 N–H and O–H groups in total. The van der Waals surface area contributed by atoms with E-state index in [9.17, 15) is 0 Å². The Morgan fingerprint density at radius 2 is 2.38 bits per heavy atom. The van der Waals surface area contributed by atoms with Gasteiger partial charge in [-0.1, -0.05) is 0 Å². The van der Waals surface area contributed by atoms with Gasteiger partial charge in [-0.25, -0.2) is 0 Å². The Balaban J connectivity index is 2.28. The smallest absolute Gasteiger partial charge is 0.131 e. The summed E-state index contributed by atoms with van der Waals surface area (Å²) in [5.41, 5.74) is 5.31. The molecule has 8 heavy (non-hydrogen) atoms. The molecule has 1 heterocycles. The van der Waals surface area contributed by atoms with Gasteiger partial charge in [-0.2, -0.15) is 0 Å². The van der Waals surface area contributed by atoms with Gasteiger partial charge in [-0.05, 0) is 12.8 Å². The Morgan fingerprint density at radius 3 is 2.75 bits per heavy atom. The van der Waals surface area contributed by atoms with Crippen molar-refractivity contribution >= 4 is 0 Å². The van der Waals surface area contributed by atoms with Gasteiger partial charge in [0.2, 0.25) is 0 Å². The zero-order valence-electron chi connectivity index (χ0n) is 4.71. The molecule has 0 saturated carbocycles. The molecule has 0 amide bonds. The fourth-order valence-electron chi connectivity index (χ4n) is 0.787. The minimum atomic E-state index is -0.441. The average Bonchev–Trinajstić information content (AvgIpc) is 1.77. The molecule has 3 heteroatoms. The summed E-state index contributed by atoms with van der Waals surface area (Å²) in [5, 5.41) is 8.93. The summed E-state index contributed by atoms with van der Waals surface area (Å²) in [7, 11) is 0. The van der Waals surface area contributed by atoms with Crippen molar-refractivity contribution in [1.82, 2.24) is 0 Å². The lowest BCUT2D eigenvalue weighted by atomic mass is 10.1. The van der Waals surface area contributed by atoms with Crippen molar-refractivity contribution in [2.45, 2.75) is 25.2 Å². The molecule has 1 aliphatic rings. The quantitative estimate of drug-likeness (QED) is 0.447. The summed E-state index contributed by atoms with van der Waals surface area (Å²) in [4.78, 5) is 0. The minimum Gasteiger partial charge on any atom is -0.389 e. The van der Waals surface area contributed by atoms with Gasteiger partial charge in [0.1, 0.15) is 6.23 Å². The number of rotatable bonds is 0. The lowest BCUT2D eigenvalue weighted by Gasteiger charge is -2.23. The van der Waals surface area contributed by atoms with Gasteiger partial charge < -0.3 is 15.6 Å². The summed E-state index contributed by atoms with van der Waals surface area (Å²) in [5.74, 6) is 0. The van der Waals surface area contributed by atoms with E-state index in [2.05, 4.69) is 0 Å². The third-order valence-corrected chi connectivity index (χ3v) is 1.33. The Kier molecular flexibility index (Phi) is 1.83. The number of aliphatic hydroxyl groups excluding tert-OH is 1. The van der Waals surface area contributed by atoms with Crippen molar-refractivity contribution in [1.29, 1.82) is 0 Å². The summed E-state index contributed by atoms with van der Waals surface area (Å²) in [6, 6.07) is 0. The number of aliphatic hydroxyl groups is 1. The third-order valence-electron chi connectivity index (χ3n) is 1.33. The molecule has 0 bridgehead atoms. The second-order valence-corrected chi connectivity index (χ2v) is 2.04. The number of ether oxygens (including phenoxy) is 1. The van der Waals surface area contributed by atoms with Gasteiger partial charge in [-0.3, -0.25) is 0 Å². The average molecular weight is 117 g/mol. The summed E-state index contributed by atoms with van der Waals surface area (Å²) < 4.78 is 4.92. The Labute approximate surface area is 48.4 Å². The molecule has 0 aromatic carbocycles. The molecule has 1 saturated heterocycles. The zero-order valence-corrected chi connectivity index (χ0v) is 4.71. The van der Waals surface area contributed by atoms with Crippen LogP contribution in [0.4, 0.5) is 0 Å². The van der Waals surface area contributed by atoms with Crippen molar-refractivity contribution in [3.05, 3.63) is 0 Å². The fraction of sp³-hybridized carbons (Fsp3) is 1.00. The fourth-order valence-corrected chi connectivity index (χ4v) is 0.787. The van der Waals surface area contributed by atoms with E-state index in [0.717, 1.165) is 12.8 Å². The van der Waals surface area contributed by atoms with E-state index >= 15 is 0 Å². The van der Waals surface area contributed by atoms with Crippen LogP contribution < -0.4 is 5.73 Å². The summed E-state index contributed by atoms with van der Waals surface area (Å²) >= 11 is 0. The molecule has 3 nitrogen and oxygen atoms in total.